The first-order valence-electron chi connectivity index (χ1n) is 11.4. The normalized spacial score (nSPS) is 15.2. The van der Waals surface area contributed by atoms with E-state index in [-0.39, 0.29) is 43.9 Å². The fourth-order valence-corrected chi connectivity index (χ4v) is 4.32. The molecule has 2 heterocycles. The van der Waals surface area contributed by atoms with E-state index in [9.17, 15) is 35.9 Å². The molecular formula is C24H22F6N6O2. The maximum absolute atomic E-state index is 14.4. The molecule has 0 aliphatic carbocycles. The van der Waals surface area contributed by atoms with Crippen LogP contribution in [0.15, 0.2) is 42.5 Å². The van der Waals surface area contributed by atoms with Crippen LogP contribution in [0.5, 0.6) is 0 Å². The quantitative estimate of drug-likeness (QED) is 0.338. The number of fused-ring (bicyclic) bond motifs is 1. The van der Waals surface area contributed by atoms with E-state index in [4.69, 9.17) is 5.73 Å². The topological polar surface area (TPSA) is 106 Å². The third-order valence-corrected chi connectivity index (χ3v) is 6.16. The molecule has 1 aromatic heterocycles. The van der Waals surface area contributed by atoms with Gasteiger partial charge in [-0.25, -0.2) is 13.2 Å². The standard InChI is InChI=1S/C24H22F6N6O2/c25-16-11-18(27)17(26)9-14(16)8-15(32-21(22(31)38)13-4-2-1-3-5-13)10-20(37)35-6-7-36-19(12-35)33-34-23(36)24(28,29)30/h1-5,9,11,15,21,32H,6-8,10,12H2,(H2,31,38)/t15-,21+/m1/s1. The number of nitrogens with two attached hydrogens (primary N) is 1. The smallest absolute Gasteiger partial charge is 0.368 e. The third kappa shape index (κ3) is 5.96. The lowest BCUT2D eigenvalue weighted by molar-refractivity contribution is -0.148. The Hall–Kier alpha value is -3.94. The van der Waals surface area contributed by atoms with Gasteiger partial charge in [-0.15, -0.1) is 10.2 Å². The van der Waals surface area contributed by atoms with Crippen molar-refractivity contribution in [3.63, 3.8) is 0 Å². The van der Waals surface area contributed by atoms with Gasteiger partial charge in [0, 0.05) is 31.6 Å². The number of carbonyl (C=O) groups is 2. The predicted octanol–water partition coefficient (Wildman–Crippen LogP) is 2.87. The third-order valence-electron chi connectivity index (χ3n) is 6.16. The van der Waals surface area contributed by atoms with Crippen molar-refractivity contribution < 1.29 is 35.9 Å². The number of amides is 2. The molecule has 0 bridgehead atoms. The molecule has 1 aliphatic heterocycles. The van der Waals surface area contributed by atoms with Crippen molar-refractivity contribution >= 4 is 11.8 Å². The number of rotatable bonds is 8. The van der Waals surface area contributed by atoms with Gasteiger partial charge in [-0.1, -0.05) is 30.3 Å². The van der Waals surface area contributed by atoms with Gasteiger partial charge in [0.2, 0.25) is 17.6 Å². The maximum Gasteiger partial charge on any atom is 0.451 e. The minimum absolute atomic E-state index is 0.0626. The number of nitrogens with one attached hydrogen (secondary N) is 1. The second-order valence-corrected chi connectivity index (χ2v) is 8.78. The van der Waals surface area contributed by atoms with Gasteiger partial charge in [-0.2, -0.15) is 13.2 Å². The van der Waals surface area contributed by atoms with E-state index in [1.165, 1.54) is 4.90 Å². The summed E-state index contributed by atoms with van der Waals surface area (Å²) in [6.07, 6.45) is -5.40. The summed E-state index contributed by atoms with van der Waals surface area (Å²) in [5, 5.41) is 9.62. The SMILES string of the molecule is NC(=O)[C@@H](N[C@@H](CC(=O)N1CCn2c(nnc2C(F)(F)F)C1)Cc1cc(F)c(F)cc1F)c1ccccc1. The zero-order valence-corrected chi connectivity index (χ0v) is 19.7. The van der Waals surface area contributed by atoms with Crippen LogP contribution in [0.1, 0.15) is 35.2 Å². The average Bonchev–Trinajstić information content (AvgIpc) is 3.30. The minimum Gasteiger partial charge on any atom is -0.368 e. The number of alkyl halides is 3. The summed E-state index contributed by atoms with van der Waals surface area (Å²) in [7, 11) is 0. The van der Waals surface area contributed by atoms with Crippen LogP contribution in [0.3, 0.4) is 0 Å². The van der Waals surface area contributed by atoms with E-state index in [1.807, 2.05) is 0 Å². The van der Waals surface area contributed by atoms with E-state index < -0.39 is 53.4 Å². The van der Waals surface area contributed by atoms with Crippen molar-refractivity contribution in [2.75, 3.05) is 6.54 Å². The lowest BCUT2D eigenvalue weighted by Gasteiger charge is -2.31. The zero-order valence-electron chi connectivity index (χ0n) is 19.7. The highest BCUT2D eigenvalue weighted by molar-refractivity contribution is 5.82. The highest BCUT2D eigenvalue weighted by Crippen LogP contribution is 2.29. The molecule has 0 saturated carbocycles. The monoisotopic (exact) mass is 540 g/mol. The Morgan fingerprint density at radius 3 is 2.34 bits per heavy atom. The van der Waals surface area contributed by atoms with E-state index >= 15 is 0 Å². The lowest BCUT2D eigenvalue weighted by atomic mass is 9.98. The second-order valence-electron chi connectivity index (χ2n) is 8.78. The Morgan fingerprint density at radius 2 is 1.68 bits per heavy atom. The van der Waals surface area contributed by atoms with Crippen molar-refractivity contribution in [1.82, 2.24) is 25.0 Å². The highest BCUT2D eigenvalue weighted by atomic mass is 19.4. The summed E-state index contributed by atoms with van der Waals surface area (Å²) >= 11 is 0. The molecule has 2 amide bonds. The van der Waals surface area contributed by atoms with E-state index in [1.54, 1.807) is 30.3 Å². The Labute approximate surface area is 212 Å². The van der Waals surface area contributed by atoms with E-state index in [0.717, 1.165) is 4.57 Å². The molecule has 3 N–H and O–H groups in total. The number of carbonyl (C=O) groups excluding carboxylic acids is 2. The first kappa shape index (κ1) is 27.1. The summed E-state index contributed by atoms with van der Waals surface area (Å²) in [5.41, 5.74) is 5.76. The summed E-state index contributed by atoms with van der Waals surface area (Å²) in [5.74, 6) is -6.31. The van der Waals surface area contributed by atoms with Gasteiger partial charge in [0.15, 0.2) is 17.5 Å². The van der Waals surface area contributed by atoms with Crippen LogP contribution in [0.4, 0.5) is 26.3 Å². The van der Waals surface area contributed by atoms with Crippen molar-refractivity contribution in [3.05, 3.63) is 82.7 Å². The van der Waals surface area contributed by atoms with Gasteiger partial charge >= 0.3 is 6.18 Å². The number of benzene rings is 2. The van der Waals surface area contributed by atoms with Crippen molar-refractivity contribution in [2.24, 2.45) is 5.73 Å². The first-order valence-corrected chi connectivity index (χ1v) is 11.4. The summed E-state index contributed by atoms with van der Waals surface area (Å²) in [6, 6.07) is 7.16. The van der Waals surface area contributed by atoms with Crippen LogP contribution < -0.4 is 11.1 Å². The number of hydrogen-bond acceptors (Lipinski definition) is 5. The summed E-state index contributed by atoms with van der Waals surface area (Å²) in [6.45, 7) is -0.546. The van der Waals surface area contributed by atoms with E-state index in [0.29, 0.717) is 17.7 Å². The fourth-order valence-electron chi connectivity index (χ4n) is 4.32. The largest absolute Gasteiger partial charge is 0.451 e. The van der Waals surface area contributed by atoms with Crippen molar-refractivity contribution in [2.45, 2.75) is 44.2 Å². The minimum atomic E-state index is -4.71. The molecule has 0 radical (unpaired) electrons. The van der Waals surface area contributed by atoms with Crippen LogP contribution in [-0.2, 0) is 35.3 Å². The number of nitrogens with zero attached hydrogens (tertiary/aromatic N) is 4. The second kappa shape index (κ2) is 10.8. The van der Waals surface area contributed by atoms with Gasteiger partial charge in [0.25, 0.3) is 0 Å². The fraction of sp³-hybridized carbons (Fsp3) is 0.333. The molecule has 3 aromatic rings. The average molecular weight is 540 g/mol. The van der Waals surface area contributed by atoms with Crippen LogP contribution in [0.25, 0.3) is 0 Å². The molecule has 8 nitrogen and oxygen atoms in total. The molecule has 0 fully saturated rings. The van der Waals surface area contributed by atoms with Gasteiger partial charge < -0.3 is 15.2 Å². The molecule has 0 unspecified atom stereocenters. The molecule has 2 atom stereocenters. The Morgan fingerprint density at radius 1 is 1.00 bits per heavy atom. The Kier molecular flexibility index (Phi) is 7.71. The highest BCUT2D eigenvalue weighted by Gasteiger charge is 2.40. The van der Waals surface area contributed by atoms with Crippen LogP contribution >= 0.6 is 0 Å². The predicted molar refractivity (Wildman–Crippen MR) is 120 cm³/mol. The van der Waals surface area contributed by atoms with Gasteiger partial charge in [0.05, 0.1) is 6.54 Å². The molecule has 202 valence electrons. The van der Waals surface area contributed by atoms with Crippen LogP contribution in [0.2, 0.25) is 0 Å². The maximum atomic E-state index is 14.4. The first-order chi connectivity index (χ1) is 17.9. The van der Waals surface area contributed by atoms with Gasteiger partial charge in [-0.3, -0.25) is 14.9 Å². The number of primary amides is 1. The lowest BCUT2D eigenvalue weighted by Crippen LogP contribution is -2.46. The van der Waals surface area contributed by atoms with Crippen LogP contribution in [0, 0.1) is 17.5 Å². The van der Waals surface area contributed by atoms with Gasteiger partial charge in [-0.05, 0) is 23.6 Å². The summed E-state index contributed by atoms with van der Waals surface area (Å²) in [4.78, 5) is 26.7. The molecule has 0 saturated heterocycles. The molecule has 2 aromatic carbocycles. The molecular weight excluding hydrogens is 518 g/mol. The molecule has 14 heteroatoms. The van der Waals surface area contributed by atoms with Crippen LogP contribution in [-0.4, -0.2) is 44.1 Å². The van der Waals surface area contributed by atoms with Crippen molar-refractivity contribution in [3.8, 4) is 0 Å². The number of aromatic nitrogens is 3. The van der Waals surface area contributed by atoms with E-state index in [2.05, 4.69) is 15.5 Å². The zero-order chi connectivity index (χ0) is 27.6. The summed E-state index contributed by atoms with van der Waals surface area (Å²) < 4.78 is 82.0. The number of halogens is 6. The Bertz CT molecular complexity index is 1330. The molecule has 38 heavy (non-hydrogen) atoms. The number of hydrogen-bond donors (Lipinski definition) is 2. The van der Waals surface area contributed by atoms with Crippen molar-refractivity contribution in [1.29, 1.82) is 0 Å². The molecule has 0 spiro atoms. The molecule has 4 rings (SSSR count). The molecule has 1 aliphatic rings. The van der Waals surface area contributed by atoms with Gasteiger partial charge in [0.1, 0.15) is 11.9 Å². The Balaban J connectivity index is 1.57.